The highest BCUT2D eigenvalue weighted by atomic mass is 32.2. The number of hydrogen-bond donors (Lipinski definition) is 3. The zero-order valence-electron chi connectivity index (χ0n) is 9.82. The van der Waals surface area contributed by atoms with Crippen molar-refractivity contribution in [1.29, 1.82) is 0 Å². The van der Waals surface area contributed by atoms with Gasteiger partial charge in [-0.15, -0.1) is 0 Å². The zero-order chi connectivity index (χ0) is 12.0. The lowest BCUT2D eigenvalue weighted by molar-refractivity contribution is 0.204. The standard InChI is InChI=1S/C9H21N3O3S/c1-8-5-9(7-10-6-8)12-16(13,14)11-3-4-15-2/h8-12H,3-7H2,1-2H3. The molecule has 0 saturated carbocycles. The second kappa shape index (κ2) is 6.51. The van der Waals surface area contributed by atoms with Crippen molar-refractivity contribution in [3.05, 3.63) is 0 Å². The van der Waals surface area contributed by atoms with Crippen LogP contribution in [0.4, 0.5) is 0 Å². The molecule has 16 heavy (non-hydrogen) atoms. The molecule has 1 aliphatic rings. The summed E-state index contributed by atoms with van der Waals surface area (Å²) >= 11 is 0. The molecule has 0 aromatic heterocycles. The molecule has 0 bridgehead atoms. The summed E-state index contributed by atoms with van der Waals surface area (Å²) in [6, 6.07) is -0.0243. The Morgan fingerprint density at radius 3 is 2.81 bits per heavy atom. The number of hydrogen-bond acceptors (Lipinski definition) is 4. The van der Waals surface area contributed by atoms with E-state index in [9.17, 15) is 8.42 Å². The first kappa shape index (κ1) is 13.9. The van der Waals surface area contributed by atoms with E-state index in [2.05, 4.69) is 21.7 Å². The number of piperidine rings is 1. The minimum Gasteiger partial charge on any atom is -0.383 e. The molecule has 2 unspecified atom stereocenters. The van der Waals surface area contributed by atoms with E-state index in [0.717, 1.165) is 13.0 Å². The number of ether oxygens (including phenoxy) is 1. The summed E-state index contributed by atoms with van der Waals surface area (Å²) in [4.78, 5) is 0. The number of rotatable bonds is 6. The highest BCUT2D eigenvalue weighted by Gasteiger charge is 2.22. The molecule has 0 aromatic carbocycles. The molecule has 1 heterocycles. The highest BCUT2D eigenvalue weighted by molar-refractivity contribution is 7.87. The molecular weight excluding hydrogens is 230 g/mol. The third-order valence-electron chi connectivity index (χ3n) is 2.49. The van der Waals surface area contributed by atoms with Crippen molar-refractivity contribution in [2.24, 2.45) is 5.92 Å². The van der Waals surface area contributed by atoms with Crippen LogP contribution in [0.1, 0.15) is 13.3 Å². The molecule has 0 aromatic rings. The summed E-state index contributed by atoms with van der Waals surface area (Å²) in [5.74, 6) is 0.500. The van der Waals surface area contributed by atoms with Crippen LogP contribution < -0.4 is 14.8 Å². The van der Waals surface area contributed by atoms with E-state index in [1.54, 1.807) is 0 Å². The second-order valence-electron chi connectivity index (χ2n) is 4.20. The fourth-order valence-electron chi connectivity index (χ4n) is 1.79. The van der Waals surface area contributed by atoms with Crippen LogP contribution in [-0.4, -0.2) is 47.8 Å². The summed E-state index contributed by atoms with van der Waals surface area (Å²) in [7, 11) is -1.86. The Balaban J connectivity index is 2.33. The van der Waals surface area contributed by atoms with Gasteiger partial charge in [0.1, 0.15) is 0 Å². The summed E-state index contributed by atoms with van der Waals surface area (Å²) in [5.41, 5.74) is 0. The van der Waals surface area contributed by atoms with Gasteiger partial charge in [0.05, 0.1) is 6.61 Å². The normalized spacial score (nSPS) is 26.9. The molecule has 0 aliphatic carbocycles. The van der Waals surface area contributed by atoms with E-state index in [1.807, 2.05) is 0 Å². The summed E-state index contributed by atoms with van der Waals surface area (Å²) in [6.45, 7) is 4.42. The predicted molar refractivity (Wildman–Crippen MR) is 62.4 cm³/mol. The van der Waals surface area contributed by atoms with Crippen molar-refractivity contribution < 1.29 is 13.2 Å². The minimum atomic E-state index is -3.40. The summed E-state index contributed by atoms with van der Waals surface area (Å²) in [6.07, 6.45) is 0.873. The molecule has 7 heteroatoms. The minimum absolute atomic E-state index is 0.0243. The highest BCUT2D eigenvalue weighted by Crippen LogP contribution is 2.09. The van der Waals surface area contributed by atoms with Gasteiger partial charge in [0, 0.05) is 26.2 Å². The van der Waals surface area contributed by atoms with Gasteiger partial charge in [0.25, 0.3) is 10.2 Å². The van der Waals surface area contributed by atoms with Gasteiger partial charge in [0.15, 0.2) is 0 Å². The molecule has 1 fully saturated rings. The maximum absolute atomic E-state index is 11.6. The topological polar surface area (TPSA) is 79.5 Å². The SMILES string of the molecule is COCCNS(=O)(=O)NC1CNCC(C)C1. The molecular formula is C9H21N3O3S. The molecule has 0 amide bonds. The van der Waals surface area contributed by atoms with Gasteiger partial charge < -0.3 is 10.1 Å². The van der Waals surface area contributed by atoms with E-state index < -0.39 is 10.2 Å². The Kier molecular flexibility index (Phi) is 5.63. The third kappa shape index (κ3) is 5.22. The Morgan fingerprint density at radius 2 is 2.19 bits per heavy atom. The molecule has 3 N–H and O–H groups in total. The molecule has 1 rings (SSSR count). The Hall–Kier alpha value is -0.210. The largest absolute Gasteiger partial charge is 0.383 e. The van der Waals surface area contributed by atoms with Crippen molar-refractivity contribution in [2.45, 2.75) is 19.4 Å². The maximum Gasteiger partial charge on any atom is 0.277 e. The molecule has 1 saturated heterocycles. The van der Waals surface area contributed by atoms with Gasteiger partial charge in [-0.2, -0.15) is 17.9 Å². The van der Waals surface area contributed by atoms with Crippen LogP contribution in [0.25, 0.3) is 0 Å². The van der Waals surface area contributed by atoms with E-state index >= 15 is 0 Å². The molecule has 6 nitrogen and oxygen atoms in total. The lowest BCUT2D eigenvalue weighted by Gasteiger charge is -2.28. The van der Waals surface area contributed by atoms with Crippen molar-refractivity contribution in [1.82, 2.24) is 14.8 Å². The van der Waals surface area contributed by atoms with E-state index in [4.69, 9.17) is 4.74 Å². The van der Waals surface area contributed by atoms with Crippen molar-refractivity contribution in [3.63, 3.8) is 0 Å². The van der Waals surface area contributed by atoms with Crippen LogP contribution in [0.15, 0.2) is 0 Å². The average molecular weight is 251 g/mol. The van der Waals surface area contributed by atoms with Crippen molar-refractivity contribution in [2.75, 3.05) is 33.4 Å². The van der Waals surface area contributed by atoms with Crippen LogP contribution in [-0.2, 0) is 14.9 Å². The van der Waals surface area contributed by atoms with Crippen molar-refractivity contribution >= 4 is 10.2 Å². The number of nitrogens with one attached hydrogen (secondary N) is 3. The van der Waals surface area contributed by atoms with Crippen LogP contribution in [0, 0.1) is 5.92 Å². The fourth-order valence-corrected chi connectivity index (χ4v) is 2.84. The first-order valence-electron chi connectivity index (χ1n) is 5.50. The van der Waals surface area contributed by atoms with Gasteiger partial charge in [-0.1, -0.05) is 6.92 Å². The smallest absolute Gasteiger partial charge is 0.277 e. The first-order chi connectivity index (χ1) is 7.53. The van der Waals surface area contributed by atoms with Gasteiger partial charge in [-0.25, -0.2) is 0 Å². The molecule has 0 spiro atoms. The molecule has 1 aliphatic heterocycles. The maximum atomic E-state index is 11.6. The van der Waals surface area contributed by atoms with Crippen LogP contribution in [0.5, 0.6) is 0 Å². The van der Waals surface area contributed by atoms with Crippen LogP contribution in [0.3, 0.4) is 0 Å². The van der Waals surface area contributed by atoms with Gasteiger partial charge in [-0.3, -0.25) is 0 Å². The van der Waals surface area contributed by atoms with Crippen LogP contribution >= 0.6 is 0 Å². The molecule has 2 atom stereocenters. The Labute approximate surface area is 97.3 Å². The molecule has 0 radical (unpaired) electrons. The third-order valence-corrected chi connectivity index (χ3v) is 3.72. The average Bonchev–Trinajstić information content (AvgIpc) is 2.17. The van der Waals surface area contributed by atoms with Gasteiger partial charge in [0.2, 0.25) is 0 Å². The van der Waals surface area contributed by atoms with E-state index in [-0.39, 0.29) is 6.04 Å². The Morgan fingerprint density at radius 1 is 1.44 bits per heavy atom. The predicted octanol–water partition coefficient (Wildman–Crippen LogP) is -0.945. The van der Waals surface area contributed by atoms with Crippen molar-refractivity contribution in [3.8, 4) is 0 Å². The van der Waals surface area contributed by atoms with E-state index in [0.29, 0.717) is 25.6 Å². The fraction of sp³-hybridized carbons (Fsp3) is 1.00. The summed E-state index contributed by atoms with van der Waals surface area (Å²) in [5, 5.41) is 3.20. The Bertz CT molecular complexity index is 294. The lowest BCUT2D eigenvalue weighted by atomic mass is 9.99. The summed E-state index contributed by atoms with van der Waals surface area (Å²) < 4.78 is 33.0. The quantitative estimate of drug-likeness (QED) is 0.532. The zero-order valence-corrected chi connectivity index (χ0v) is 10.6. The lowest BCUT2D eigenvalue weighted by Crippen LogP contribution is -2.51. The first-order valence-corrected chi connectivity index (χ1v) is 6.98. The monoisotopic (exact) mass is 251 g/mol. The van der Waals surface area contributed by atoms with Gasteiger partial charge >= 0.3 is 0 Å². The van der Waals surface area contributed by atoms with Crippen LogP contribution in [0.2, 0.25) is 0 Å². The number of methoxy groups -OCH3 is 1. The van der Waals surface area contributed by atoms with Gasteiger partial charge in [-0.05, 0) is 18.9 Å². The second-order valence-corrected chi connectivity index (χ2v) is 5.74. The van der Waals surface area contributed by atoms with E-state index in [1.165, 1.54) is 7.11 Å². The molecule has 96 valence electrons.